The Kier molecular flexibility index (Phi) is 3.14. The molecule has 0 atom stereocenters. The zero-order valence-corrected chi connectivity index (χ0v) is 11.9. The number of hydrogen-bond donors (Lipinski definition) is 0. The summed E-state index contributed by atoms with van der Waals surface area (Å²) in [5, 5.41) is 4.73. The topological polar surface area (TPSA) is 17.1 Å². The zero-order valence-electron chi connectivity index (χ0n) is 9.58. The zero-order chi connectivity index (χ0) is 13.6. The third-order valence-electron chi connectivity index (χ3n) is 3.13. The Bertz CT molecular complexity index is 825. The fraction of sp³-hybridized carbons (Fsp3) is 0. The smallest absolute Gasteiger partial charge is 0.151 e. The van der Waals surface area contributed by atoms with E-state index in [1.54, 1.807) is 12.1 Å². The van der Waals surface area contributed by atoms with Crippen molar-refractivity contribution in [3.63, 3.8) is 0 Å². The maximum absolute atomic E-state index is 11.4. The molecule has 1 nitrogen and oxygen atoms in total. The van der Waals surface area contributed by atoms with Crippen LogP contribution in [0.15, 0.2) is 36.4 Å². The summed E-state index contributed by atoms with van der Waals surface area (Å²) in [6, 6.07) is 10.9. The van der Waals surface area contributed by atoms with Crippen molar-refractivity contribution < 1.29 is 4.79 Å². The van der Waals surface area contributed by atoms with Gasteiger partial charge in [-0.05, 0) is 40.4 Å². The van der Waals surface area contributed by atoms with Gasteiger partial charge in [-0.3, -0.25) is 4.79 Å². The fourth-order valence-electron chi connectivity index (χ4n) is 2.28. The van der Waals surface area contributed by atoms with Gasteiger partial charge in [-0.1, -0.05) is 46.9 Å². The normalized spacial score (nSPS) is 11.1. The highest BCUT2D eigenvalue weighted by atomic mass is 35.5. The van der Waals surface area contributed by atoms with Crippen LogP contribution < -0.4 is 0 Å². The first-order valence-electron chi connectivity index (χ1n) is 5.57. The van der Waals surface area contributed by atoms with Crippen LogP contribution in [0, 0.1) is 0 Å². The van der Waals surface area contributed by atoms with E-state index in [0.717, 1.165) is 22.4 Å². The standard InChI is InChI=1S/C15H7Cl3O/c16-10-2-3-11-9(6-10)5-8-1-4-13(17)15(18)14(8)12(11)7-19/h1-7H. The summed E-state index contributed by atoms with van der Waals surface area (Å²) < 4.78 is 0. The van der Waals surface area contributed by atoms with Gasteiger partial charge >= 0.3 is 0 Å². The van der Waals surface area contributed by atoms with Crippen LogP contribution in [0.25, 0.3) is 21.5 Å². The van der Waals surface area contributed by atoms with Crippen LogP contribution >= 0.6 is 34.8 Å². The molecule has 0 radical (unpaired) electrons. The molecule has 94 valence electrons. The fourth-order valence-corrected chi connectivity index (χ4v) is 2.89. The maximum Gasteiger partial charge on any atom is 0.151 e. The molecule has 0 heterocycles. The minimum absolute atomic E-state index is 0.401. The van der Waals surface area contributed by atoms with E-state index in [0.29, 0.717) is 26.0 Å². The Morgan fingerprint density at radius 1 is 0.895 bits per heavy atom. The molecule has 0 saturated carbocycles. The Hall–Kier alpha value is -1.28. The van der Waals surface area contributed by atoms with E-state index < -0.39 is 0 Å². The lowest BCUT2D eigenvalue weighted by Gasteiger charge is -2.09. The molecule has 0 aliphatic carbocycles. The van der Waals surface area contributed by atoms with Gasteiger partial charge in [-0.15, -0.1) is 0 Å². The Balaban J connectivity index is 2.61. The Labute approximate surface area is 124 Å². The molecular weight excluding hydrogens is 303 g/mol. The number of hydrogen-bond acceptors (Lipinski definition) is 1. The average Bonchev–Trinajstić information content (AvgIpc) is 2.40. The van der Waals surface area contributed by atoms with E-state index in [2.05, 4.69) is 0 Å². The van der Waals surface area contributed by atoms with Crippen LogP contribution in [-0.2, 0) is 0 Å². The molecule has 3 aromatic rings. The minimum Gasteiger partial charge on any atom is -0.298 e. The SMILES string of the molecule is O=Cc1c2ccc(Cl)cc2cc2ccc(Cl)c(Cl)c12. The van der Waals surface area contributed by atoms with Gasteiger partial charge in [0.2, 0.25) is 0 Å². The molecule has 0 fully saturated rings. The highest BCUT2D eigenvalue weighted by Crippen LogP contribution is 2.36. The number of carbonyl (C=O) groups excluding carboxylic acids is 1. The third kappa shape index (κ3) is 1.99. The summed E-state index contributed by atoms with van der Waals surface area (Å²) in [5.74, 6) is 0. The number of halogens is 3. The Morgan fingerprint density at radius 3 is 2.42 bits per heavy atom. The predicted octanol–water partition coefficient (Wildman–Crippen LogP) is 5.77. The molecule has 0 aliphatic heterocycles. The maximum atomic E-state index is 11.4. The second kappa shape index (κ2) is 4.68. The second-order valence-corrected chi connectivity index (χ2v) is 5.45. The molecule has 3 rings (SSSR count). The quantitative estimate of drug-likeness (QED) is 0.412. The van der Waals surface area contributed by atoms with Crippen molar-refractivity contribution in [3.8, 4) is 0 Å². The van der Waals surface area contributed by atoms with Gasteiger partial charge in [-0.2, -0.15) is 0 Å². The number of benzene rings is 3. The molecule has 0 saturated heterocycles. The highest BCUT2D eigenvalue weighted by molar-refractivity contribution is 6.46. The summed E-state index contributed by atoms with van der Waals surface area (Å²) in [6.45, 7) is 0. The minimum atomic E-state index is 0.401. The van der Waals surface area contributed by atoms with Crippen LogP contribution in [0.3, 0.4) is 0 Å². The molecular formula is C15H7Cl3O. The van der Waals surface area contributed by atoms with Crippen molar-refractivity contribution in [3.05, 3.63) is 57.0 Å². The van der Waals surface area contributed by atoms with Crippen LogP contribution in [0.5, 0.6) is 0 Å². The lowest BCUT2D eigenvalue weighted by molar-refractivity contribution is 0.112. The number of aldehydes is 1. The van der Waals surface area contributed by atoms with E-state index in [4.69, 9.17) is 34.8 Å². The largest absolute Gasteiger partial charge is 0.298 e. The van der Waals surface area contributed by atoms with Crippen LogP contribution in [0.1, 0.15) is 10.4 Å². The molecule has 0 amide bonds. The molecule has 0 bridgehead atoms. The summed E-state index contributed by atoms with van der Waals surface area (Å²) >= 11 is 18.2. The van der Waals surface area contributed by atoms with E-state index in [9.17, 15) is 4.79 Å². The van der Waals surface area contributed by atoms with Gasteiger partial charge in [0.15, 0.2) is 6.29 Å². The molecule has 0 aliphatic rings. The van der Waals surface area contributed by atoms with E-state index in [1.165, 1.54) is 0 Å². The second-order valence-electron chi connectivity index (χ2n) is 4.23. The van der Waals surface area contributed by atoms with Gasteiger partial charge in [0.1, 0.15) is 0 Å². The monoisotopic (exact) mass is 308 g/mol. The van der Waals surface area contributed by atoms with Crippen LogP contribution in [-0.4, -0.2) is 6.29 Å². The molecule has 19 heavy (non-hydrogen) atoms. The van der Waals surface area contributed by atoms with Crippen molar-refractivity contribution in [1.29, 1.82) is 0 Å². The summed E-state index contributed by atoms with van der Waals surface area (Å²) in [7, 11) is 0. The molecule has 4 heteroatoms. The Morgan fingerprint density at radius 2 is 1.68 bits per heavy atom. The average molecular weight is 310 g/mol. The van der Waals surface area contributed by atoms with Gasteiger partial charge in [0, 0.05) is 16.0 Å². The van der Waals surface area contributed by atoms with Crippen molar-refractivity contribution in [2.75, 3.05) is 0 Å². The van der Waals surface area contributed by atoms with Gasteiger partial charge in [0.05, 0.1) is 10.0 Å². The lowest BCUT2D eigenvalue weighted by Crippen LogP contribution is -1.89. The van der Waals surface area contributed by atoms with Crippen molar-refractivity contribution >= 4 is 62.6 Å². The van der Waals surface area contributed by atoms with Gasteiger partial charge in [0.25, 0.3) is 0 Å². The van der Waals surface area contributed by atoms with E-state index in [-0.39, 0.29) is 0 Å². The lowest BCUT2D eigenvalue weighted by atomic mass is 9.97. The molecule has 0 unspecified atom stereocenters. The number of fused-ring (bicyclic) bond motifs is 2. The summed E-state index contributed by atoms with van der Waals surface area (Å²) in [4.78, 5) is 11.4. The third-order valence-corrected chi connectivity index (χ3v) is 4.17. The van der Waals surface area contributed by atoms with E-state index in [1.807, 2.05) is 24.3 Å². The van der Waals surface area contributed by atoms with Gasteiger partial charge < -0.3 is 0 Å². The van der Waals surface area contributed by atoms with E-state index >= 15 is 0 Å². The van der Waals surface area contributed by atoms with Gasteiger partial charge in [-0.25, -0.2) is 0 Å². The van der Waals surface area contributed by atoms with Crippen molar-refractivity contribution in [1.82, 2.24) is 0 Å². The van der Waals surface area contributed by atoms with Crippen molar-refractivity contribution in [2.45, 2.75) is 0 Å². The number of carbonyl (C=O) groups is 1. The molecule has 3 aromatic carbocycles. The predicted molar refractivity (Wildman–Crippen MR) is 81.9 cm³/mol. The summed E-state index contributed by atoms with van der Waals surface area (Å²) in [5.41, 5.74) is 0.539. The van der Waals surface area contributed by atoms with Crippen LogP contribution in [0.2, 0.25) is 15.1 Å². The molecule has 0 aromatic heterocycles. The van der Waals surface area contributed by atoms with Crippen molar-refractivity contribution in [2.24, 2.45) is 0 Å². The number of rotatable bonds is 1. The van der Waals surface area contributed by atoms with Crippen LogP contribution in [0.4, 0.5) is 0 Å². The molecule has 0 N–H and O–H groups in total. The first kappa shape index (κ1) is 12.7. The first-order chi connectivity index (χ1) is 9.11. The highest BCUT2D eigenvalue weighted by Gasteiger charge is 2.12. The molecule has 0 spiro atoms. The first-order valence-corrected chi connectivity index (χ1v) is 6.70. The summed E-state index contributed by atoms with van der Waals surface area (Å²) in [6.07, 6.45) is 0.806.